The molecule has 1 aromatic rings. The third kappa shape index (κ3) is 1.39. The molecule has 2 aliphatic heterocycles. The minimum absolute atomic E-state index is 0.298. The van der Waals surface area contributed by atoms with Crippen LogP contribution in [-0.4, -0.2) is 17.7 Å². The summed E-state index contributed by atoms with van der Waals surface area (Å²) < 4.78 is 11.1. The van der Waals surface area contributed by atoms with Gasteiger partial charge in [-0.15, -0.1) is 0 Å². The van der Waals surface area contributed by atoms with Gasteiger partial charge in [-0.3, -0.25) is 0 Å². The van der Waals surface area contributed by atoms with Gasteiger partial charge in [-0.25, -0.2) is 0 Å². The second-order valence-corrected chi connectivity index (χ2v) is 4.43. The first-order valence-electron chi connectivity index (χ1n) is 5.27. The maximum Gasteiger partial charge on any atom is 0.165 e. The summed E-state index contributed by atoms with van der Waals surface area (Å²) in [7, 11) is 0. The molecule has 15 heavy (non-hydrogen) atoms. The van der Waals surface area contributed by atoms with Gasteiger partial charge in [0.05, 0.1) is 5.60 Å². The second kappa shape index (κ2) is 3.04. The van der Waals surface area contributed by atoms with Crippen molar-refractivity contribution in [1.29, 1.82) is 0 Å². The van der Waals surface area contributed by atoms with E-state index in [9.17, 15) is 5.11 Å². The van der Waals surface area contributed by atoms with Crippen LogP contribution in [0, 0.1) is 0 Å². The Morgan fingerprint density at radius 1 is 1.40 bits per heavy atom. The fourth-order valence-corrected chi connectivity index (χ4v) is 2.58. The van der Waals surface area contributed by atoms with Crippen LogP contribution in [0.4, 0.5) is 0 Å². The second-order valence-electron chi connectivity index (χ2n) is 4.43. The van der Waals surface area contributed by atoms with Crippen molar-refractivity contribution < 1.29 is 14.6 Å². The zero-order valence-electron chi connectivity index (χ0n) is 8.64. The van der Waals surface area contributed by atoms with Crippen molar-refractivity contribution in [3.8, 4) is 0 Å². The molecule has 1 saturated heterocycles. The van der Waals surface area contributed by atoms with Crippen LogP contribution < -0.4 is 0 Å². The van der Waals surface area contributed by atoms with Crippen LogP contribution in [0.25, 0.3) is 0 Å². The Morgan fingerprint density at radius 3 is 3.07 bits per heavy atom. The van der Waals surface area contributed by atoms with Crippen molar-refractivity contribution in [3.05, 3.63) is 35.4 Å². The van der Waals surface area contributed by atoms with E-state index in [1.165, 1.54) is 11.1 Å². The normalized spacial score (nSPS) is 38.5. The lowest BCUT2D eigenvalue weighted by atomic mass is 9.83. The molecule has 3 atom stereocenters. The molecular weight excluding hydrogens is 192 g/mol. The van der Waals surface area contributed by atoms with Crippen LogP contribution in [0.5, 0.6) is 0 Å². The first-order chi connectivity index (χ1) is 7.17. The number of fused-ring (bicyclic) bond motifs is 4. The highest BCUT2D eigenvalue weighted by Gasteiger charge is 2.44. The highest BCUT2D eigenvalue weighted by atomic mass is 16.7. The Hall–Kier alpha value is -0.900. The third-order valence-electron chi connectivity index (χ3n) is 3.24. The Labute approximate surface area is 88.6 Å². The maximum absolute atomic E-state index is 9.60. The van der Waals surface area contributed by atoms with Gasteiger partial charge in [0, 0.05) is 12.8 Å². The molecule has 0 aromatic heterocycles. The van der Waals surface area contributed by atoms with Gasteiger partial charge < -0.3 is 14.6 Å². The van der Waals surface area contributed by atoms with E-state index in [0.717, 1.165) is 6.42 Å². The Bertz CT molecular complexity index is 390. The van der Waals surface area contributed by atoms with Crippen LogP contribution in [0.15, 0.2) is 24.3 Å². The summed E-state index contributed by atoms with van der Waals surface area (Å²) in [5, 5.41) is 9.60. The zero-order chi connectivity index (χ0) is 10.5. The van der Waals surface area contributed by atoms with E-state index >= 15 is 0 Å². The highest BCUT2D eigenvalue weighted by Crippen LogP contribution is 2.42. The summed E-state index contributed by atoms with van der Waals surface area (Å²) in [6, 6.07) is 8.21. The van der Waals surface area contributed by atoms with E-state index < -0.39 is 11.9 Å². The average molecular weight is 206 g/mol. The maximum atomic E-state index is 9.60. The molecule has 1 N–H and O–H groups in total. The molecule has 3 rings (SSSR count). The van der Waals surface area contributed by atoms with E-state index in [4.69, 9.17) is 9.47 Å². The quantitative estimate of drug-likeness (QED) is 0.699. The van der Waals surface area contributed by atoms with Crippen LogP contribution in [-0.2, 0) is 21.5 Å². The van der Waals surface area contributed by atoms with Gasteiger partial charge in [-0.2, -0.15) is 0 Å². The van der Waals surface area contributed by atoms with Crippen molar-refractivity contribution in [2.24, 2.45) is 0 Å². The summed E-state index contributed by atoms with van der Waals surface area (Å²) >= 11 is 0. The minimum atomic E-state index is -0.706. The van der Waals surface area contributed by atoms with Crippen LogP contribution in [0.3, 0.4) is 0 Å². The Balaban J connectivity index is 2.10. The van der Waals surface area contributed by atoms with E-state index in [1.807, 2.05) is 19.1 Å². The van der Waals surface area contributed by atoms with Crippen LogP contribution in [0.2, 0.25) is 0 Å². The smallest absolute Gasteiger partial charge is 0.165 e. The van der Waals surface area contributed by atoms with Crippen molar-refractivity contribution in [2.45, 2.75) is 37.9 Å². The van der Waals surface area contributed by atoms with E-state index in [0.29, 0.717) is 6.42 Å². The number of hydrogen-bond acceptors (Lipinski definition) is 3. The lowest BCUT2D eigenvalue weighted by Gasteiger charge is -2.45. The van der Waals surface area contributed by atoms with Gasteiger partial charge in [0.2, 0.25) is 0 Å². The molecule has 2 heterocycles. The summed E-state index contributed by atoms with van der Waals surface area (Å²) in [6.07, 6.45) is 0.222. The van der Waals surface area contributed by atoms with Gasteiger partial charge in [0.1, 0.15) is 0 Å². The van der Waals surface area contributed by atoms with Gasteiger partial charge in [-0.05, 0) is 18.1 Å². The van der Waals surface area contributed by atoms with E-state index in [1.54, 1.807) is 0 Å². The molecule has 0 saturated carbocycles. The summed E-state index contributed by atoms with van der Waals surface area (Å²) in [5.41, 5.74) is 2.06. The lowest BCUT2D eigenvalue weighted by molar-refractivity contribution is -0.331. The lowest BCUT2D eigenvalue weighted by Crippen LogP contribution is -2.48. The molecule has 0 amide bonds. The molecule has 0 radical (unpaired) electrons. The number of aliphatic hydroxyl groups excluding tert-OH is 1. The molecule has 0 aliphatic carbocycles. The number of rotatable bonds is 0. The summed E-state index contributed by atoms with van der Waals surface area (Å²) in [5.74, 6) is 0. The third-order valence-corrected chi connectivity index (χ3v) is 3.24. The number of ether oxygens (including phenoxy) is 2. The van der Waals surface area contributed by atoms with Crippen molar-refractivity contribution in [2.75, 3.05) is 0 Å². The number of benzene rings is 1. The van der Waals surface area contributed by atoms with Crippen LogP contribution >= 0.6 is 0 Å². The van der Waals surface area contributed by atoms with E-state index in [-0.39, 0.29) is 6.29 Å². The van der Waals surface area contributed by atoms with E-state index in [2.05, 4.69) is 12.1 Å². The summed E-state index contributed by atoms with van der Waals surface area (Å²) in [6.45, 7) is 2.02. The topological polar surface area (TPSA) is 38.7 Å². The largest absolute Gasteiger partial charge is 0.368 e. The molecule has 2 bridgehead atoms. The van der Waals surface area contributed by atoms with Gasteiger partial charge >= 0.3 is 0 Å². The SMILES string of the molecule is C[C@]12CC(O)O[C@H](Cc3ccccc31)O2. The molecule has 0 spiro atoms. The van der Waals surface area contributed by atoms with Gasteiger partial charge in [0.15, 0.2) is 12.6 Å². The summed E-state index contributed by atoms with van der Waals surface area (Å²) in [4.78, 5) is 0. The van der Waals surface area contributed by atoms with Crippen molar-refractivity contribution in [3.63, 3.8) is 0 Å². The predicted octanol–water partition coefficient (Wildman–Crippen LogP) is 1.54. The zero-order valence-corrected chi connectivity index (χ0v) is 8.64. The number of hydrogen-bond donors (Lipinski definition) is 1. The molecule has 80 valence electrons. The molecule has 3 heteroatoms. The molecular formula is C12H14O3. The average Bonchev–Trinajstić information content (AvgIpc) is 2.15. The Kier molecular flexibility index (Phi) is 1.89. The highest BCUT2D eigenvalue weighted by molar-refractivity contribution is 5.34. The van der Waals surface area contributed by atoms with Crippen molar-refractivity contribution in [1.82, 2.24) is 0 Å². The van der Waals surface area contributed by atoms with Gasteiger partial charge in [0.25, 0.3) is 0 Å². The van der Waals surface area contributed by atoms with Gasteiger partial charge in [-0.1, -0.05) is 24.3 Å². The first-order valence-corrected chi connectivity index (χ1v) is 5.27. The molecule has 2 aliphatic rings. The fourth-order valence-electron chi connectivity index (χ4n) is 2.58. The first kappa shape index (κ1) is 9.33. The van der Waals surface area contributed by atoms with Crippen LogP contribution in [0.1, 0.15) is 24.5 Å². The Morgan fingerprint density at radius 2 is 2.20 bits per heavy atom. The predicted molar refractivity (Wildman–Crippen MR) is 54.1 cm³/mol. The molecule has 1 unspecified atom stereocenters. The molecule has 1 fully saturated rings. The minimum Gasteiger partial charge on any atom is -0.368 e. The monoisotopic (exact) mass is 206 g/mol. The molecule has 3 nitrogen and oxygen atoms in total. The molecule has 1 aromatic carbocycles. The van der Waals surface area contributed by atoms with Crippen molar-refractivity contribution >= 4 is 0 Å². The standard InChI is InChI=1S/C12H14O3/c1-12-7-10(13)14-11(15-12)6-8-4-2-3-5-9(8)12/h2-5,10-11,13H,6-7H2,1H3/t10?,11-,12-/m0/s1. The fraction of sp³-hybridized carbons (Fsp3) is 0.500. The number of aliphatic hydroxyl groups is 1.